The summed E-state index contributed by atoms with van der Waals surface area (Å²) in [6, 6.07) is 9.43. The quantitative estimate of drug-likeness (QED) is 0.246. The second-order valence-electron chi connectivity index (χ2n) is 10.3. The Morgan fingerprint density at radius 1 is 1.10 bits per heavy atom. The van der Waals surface area contributed by atoms with E-state index in [-0.39, 0.29) is 43.7 Å². The van der Waals surface area contributed by atoms with Crippen LogP contribution in [-0.4, -0.2) is 67.0 Å². The standard InChI is InChI=1S/C27H36F4N2O6S/c1-26(2,13-7-10-20-9-4-5-11-24(20)28)32-17-21(34)18-33(3)40(37,38)23-15-19(8-6-12-25(35)36)14-22(16-23)39-27(29,30)31/h4-5,9,11,14-16,21,32,34H,6-8,10,12-13,17-18H2,1-3H3,(H,35,36)/t21-/m1/s1. The molecule has 0 unspecified atom stereocenters. The number of ether oxygens (including phenoxy) is 1. The fourth-order valence-corrected chi connectivity index (χ4v) is 5.40. The third-order valence-corrected chi connectivity index (χ3v) is 8.03. The molecule has 13 heteroatoms. The Balaban J connectivity index is 2.02. The molecule has 3 N–H and O–H groups in total. The number of nitrogens with zero attached hydrogens (tertiary/aromatic N) is 1. The Morgan fingerprint density at radius 2 is 1.77 bits per heavy atom. The lowest BCUT2D eigenvalue weighted by atomic mass is 9.95. The van der Waals surface area contributed by atoms with Crippen molar-refractivity contribution in [1.82, 2.24) is 9.62 Å². The summed E-state index contributed by atoms with van der Waals surface area (Å²) in [6.45, 7) is 3.49. The van der Waals surface area contributed by atoms with Gasteiger partial charge in [0.1, 0.15) is 11.6 Å². The molecule has 0 radical (unpaired) electrons. The number of aliphatic hydroxyl groups is 1. The number of aliphatic carboxylic acids is 1. The van der Waals surface area contributed by atoms with Crippen LogP contribution in [0.5, 0.6) is 5.75 Å². The number of hydrogen-bond donors (Lipinski definition) is 3. The van der Waals surface area contributed by atoms with Crippen molar-refractivity contribution in [3.8, 4) is 5.75 Å². The van der Waals surface area contributed by atoms with Crippen molar-refractivity contribution in [3.05, 3.63) is 59.4 Å². The normalized spacial score (nSPS) is 13.4. The number of alkyl halides is 3. The van der Waals surface area contributed by atoms with Crippen LogP contribution in [0.1, 0.15) is 50.7 Å². The zero-order chi connectivity index (χ0) is 30.1. The fraction of sp³-hybridized carbons (Fsp3) is 0.519. The van der Waals surface area contributed by atoms with E-state index in [9.17, 15) is 35.9 Å². The first-order chi connectivity index (χ1) is 18.5. The zero-order valence-electron chi connectivity index (χ0n) is 22.7. The van der Waals surface area contributed by atoms with E-state index < -0.39 is 44.6 Å². The molecule has 2 aromatic rings. The Morgan fingerprint density at radius 3 is 2.40 bits per heavy atom. The minimum atomic E-state index is -5.06. The molecule has 224 valence electrons. The molecule has 0 saturated carbocycles. The van der Waals surface area contributed by atoms with Crippen molar-refractivity contribution in [2.45, 2.75) is 75.3 Å². The summed E-state index contributed by atoms with van der Waals surface area (Å²) in [5, 5.41) is 22.5. The van der Waals surface area contributed by atoms with Gasteiger partial charge in [-0.05, 0) is 75.3 Å². The van der Waals surface area contributed by atoms with Gasteiger partial charge in [-0.2, -0.15) is 4.31 Å². The molecule has 40 heavy (non-hydrogen) atoms. The lowest BCUT2D eigenvalue weighted by Crippen LogP contribution is -2.46. The molecule has 0 amide bonds. The predicted octanol–water partition coefficient (Wildman–Crippen LogP) is 4.50. The minimum absolute atomic E-state index is 0.0200. The summed E-state index contributed by atoms with van der Waals surface area (Å²) < 4.78 is 83.4. The molecule has 0 bridgehead atoms. The van der Waals surface area contributed by atoms with Gasteiger partial charge in [-0.25, -0.2) is 12.8 Å². The third kappa shape index (κ3) is 11.4. The van der Waals surface area contributed by atoms with Crippen molar-refractivity contribution < 1.29 is 45.7 Å². The second-order valence-corrected chi connectivity index (χ2v) is 12.3. The molecule has 0 aliphatic heterocycles. The van der Waals surface area contributed by atoms with E-state index in [1.165, 1.54) is 19.2 Å². The number of sulfonamides is 1. The number of β-amino-alcohol motifs (C(OH)–C–C–N with tert-alkyl or cyclic N) is 1. The number of halogens is 4. The number of likely N-dealkylation sites (N-methyl/N-ethyl adjacent to an activating group) is 1. The van der Waals surface area contributed by atoms with Gasteiger partial charge < -0.3 is 20.3 Å². The smallest absolute Gasteiger partial charge is 0.481 e. The van der Waals surface area contributed by atoms with Crippen molar-refractivity contribution in [1.29, 1.82) is 0 Å². The summed E-state index contributed by atoms with van der Waals surface area (Å²) in [5.41, 5.74) is 0.326. The number of rotatable bonds is 16. The number of aliphatic hydroxyl groups excluding tert-OH is 1. The number of hydrogen-bond acceptors (Lipinski definition) is 6. The van der Waals surface area contributed by atoms with E-state index in [1.54, 1.807) is 18.2 Å². The lowest BCUT2D eigenvalue weighted by Gasteiger charge is -2.29. The monoisotopic (exact) mass is 592 g/mol. The van der Waals surface area contributed by atoms with Crippen molar-refractivity contribution in [2.75, 3.05) is 20.1 Å². The Kier molecular flexibility index (Phi) is 11.9. The summed E-state index contributed by atoms with van der Waals surface area (Å²) >= 11 is 0. The molecule has 0 heterocycles. The fourth-order valence-electron chi connectivity index (χ4n) is 4.10. The molecular weight excluding hydrogens is 556 g/mol. The Labute approximate surface area is 232 Å². The molecule has 2 aromatic carbocycles. The maximum absolute atomic E-state index is 13.8. The van der Waals surface area contributed by atoms with Gasteiger partial charge in [0.05, 0.1) is 11.0 Å². The van der Waals surface area contributed by atoms with Gasteiger partial charge in [-0.15, -0.1) is 13.2 Å². The Hall–Kier alpha value is -2.74. The van der Waals surface area contributed by atoms with Crippen LogP contribution in [0.15, 0.2) is 47.4 Å². The van der Waals surface area contributed by atoms with E-state index in [0.717, 1.165) is 16.4 Å². The first-order valence-electron chi connectivity index (χ1n) is 12.7. The largest absolute Gasteiger partial charge is 0.573 e. The first kappa shape index (κ1) is 33.5. The van der Waals surface area contributed by atoms with E-state index in [4.69, 9.17) is 5.11 Å². The molecule has 0 fully saturated rings. The molecule has 0 aromatic heterocycles. The first-order valence-corrected chi connectivity index (χ1v) is 14.2. The molecule has 8 nitrogen and oxygen atoms in total. The highest BCUT2D eigenvalue weighted by atomic mass is 32.2. The highest BCUT2D eigenvalue weighted by Crippen LogP contribution is 2.29. The van der Waals surface area contributed by atoms with Crippen LogP contribution in [0.4, 0.5) is 17.6 Å². The van der Waals surface area contributed by atoms with Gasteiger partial charge in [-0.1, -0.05) is 18.2 Å². The van der Waals surface area contributed by atoms with Gasteiger partial charge >= 0.3 is 12.3 Å². The summed E-state index contributed by atoms with van der Waals surface area (Å²) in [5.74, 6) is -2.10. The summed E-state index contributed by atoms with van der Waals surface area (Å²) in [4.78, 5) is 10.3. The number of carboxylic acid groups (broad SMARTS) is 1. The van der Waals surface area contributed by atoms with Crippen LogP contribution in [0.3, 0.4) is 0 Å². The minimum Gasteiger partial charge on any atom is -0.481 e. The molecule has 0 saturated heterocycles. The van der Waals surface area contributed by atoms with Crippen LogP contribution in [0, 0.1) is 5.82 Å². The van der Waals surface area contributed by atoms with Gasteiger partial charge in [0.25, 0.3) is 0 Å². The summed E-state index contributed by atoms with van der Waals surface area (Å²) in [7, 11) is -3.14. The number of nitrogens with one attached hydrogen (secondary N) is 1. The lowest BCUT2D eigenvalue weighted by molar-refractivity contribution is -0.274. The maximum Gasteiger partial charge on any atom is 0.573 e. The van der Waals surface area contributed by atoms with Crippen LogP contribution in [0.25, 0.3) is 0 Å². The zero-order valence-corrected chi connectivity index (χ0v) is 23.5. The number of benzene rings is 2. The van der Waals surface area contributed by atoms with Crippen LogP contribution in [0.2, 0.25) is 0 Å². The van der Waals surface area contributed by atoms with Gasteiger partial charge in [0.15, 0.2) is 0 Å². The van der Waals surface area contributed by atoms with E-state index in [1.807, 2.05) is 13.8 Å². The Bertz CT molecular complexity index is 1240. The molecular formula is C27H36F4N2O6S. The van der Waals surface area contributed by atoms with Gasteiger partial charge in [0.2, 0.25) is 10.0 Å². The van der Waals surface area contributed by atoms with Gasteiger partial charge in [0, 0.05) is 38.2 Å². The summed E-state index contributed by atoms with van der Waals surface area (Å²) in [6.07, 6.45) is -4.48. The maximum atomic E-state index is 13.8. The van der Waals surface area contributed by atoms with Crippen LogP contribution in [-0.2, 0) is 27.7 Å². The van der Waals surface area contributed by atoms with Crippen LogP contribution >= 0.6 is 0 Å². The molecule has 2 rings (SSSR count). The molecule has 1 atom stereocenters. The van der Waals surface area contributed by atoms with Crippen molar-refractivity contribution >= 4 is 16.0 Å². The third-order valence-electron chi connectivity index (χ3n) is 6.23. The van der Waals surface area contributed by atoms with E-state index in [0.29, 0.717) is 24.8 Å². The average Bonchev–Trinajstić information content (AvgIpc) is 2.82. The molecule has 0 spiro atoms. The van der Waals surface area contributed by atoms with Crippen molar-refractivity contribution in [2.24, 2.45) is 0 Å². The molecule has 0 aliphatic rings. The van der Waals surface area contributed by atoms with E-state index in [2.05, 4.69) is 10.1 Å². The number of aryl methyl sites for hydroxylation is 2. The van der Waals surface area contributed by atoms with E-state index >= 15 is 0 Å². The topological polar surface area (TPSA) is 116 Å². The predicted molar refractivity (Wildman–Crippen MR) is 141 cm³/mol. The highest BCUT2D eigenvalue weighted by Gasteiger charge is 2.32. The van der Waals surface area contributed by atoms with Crippen molar-refractivity contribution in [3.63, 3.8) is 0 Å². The molecule has 0 aliphatic carbocycles. The highest BCUT2D eigenvalue weighted by molar-refractivity contribution is 7.89. The number of carboxylic acids is 1. The number of carbonyl (C=O) groups is 1. The SMILES string of the molecule is CN(C[C@H](O)CNC(C)(C)CCCc1ccccc1F)S(=O)(=O)c1cc(CCCC(=O)O)cc(OC(F)(F)F)c1. The van der Waals surface area contributed by atoms with Crippen LogP contribution < -0.4 is 10.1 Å². The average molecular weight is 593 g/mol. The van der Waals surface area contributed by atoms with Gasteiger partial charge in [-0.3, -0.25) is 4.79 Å². The second kappa shape index (κ2) is 14.2.